The Morgan fingerprint density at radius 3 is 2.65 bits per heavy atom. The second-order valence-electron chi connectivity index (χ2n) is 8.73. The number of halogens is 3. The number of alkyl halides is 3. The van der Waals surface area contributed by atoms with Gasteiger partial charge in [-0.1, -0.05) is 0 Å². The molecule has 4 aliphatic heterocycles. The van der Waals surface area contributed by atoms with Crippen molar-refractivity contribution in [2.75, 3.05) is 42.7 Å². The monoisotopic (exact) mass is 442 g/mol. The van der Waals surface area contributed by atoms with Crippen LogP contribution in [0.25, 0.3) is 0 Å². The first-order valence-corrected chi connectivity index (χ1v) is 10.7. The summed E-state index contributed by atoms with van der Waals surface area (Å²) in [5.41, 5.74) is -0.396. The van der Waals surface area contributed by atoms with E-state index in [-0.39, 0.29) is 42.8 Å². The summed E-state index contributed by atoms with van der Waals surface area (Å²) in [5, 5.41) is 0. The Hall–Kier alpha value is -2.14. The maximum Gasteiger partial charge on any atom is 0.408 e. The molecule has 0 amide bonds. The van der Waals surface area contributed by atoms with Gasteiger partial charge in [-0.15, -0.1) is 0 Å². The van der Waals surface area contributed by atoms with Crippen molar-refractivity contribution in [3.05, 3.63) is 16.4 Å². The van der Waals surface area contributed by atoms with Gasteiger partial charge in [0.1, 0.15) is 11.9 Å². The molecule has 170 valence electrons. The van der Waals surface area contributed by atoms with E-state index in [0.29, 0.717) is 45.0 Å². The van der Waals surface area contributed by atoms with E-state index in [9.17, 15) is 22.8 Å². The molecule has 2 unspecified atom stereocenters. The minimum atomic E-state index is -4.53. The minimum absolute atomic E-state index is 0.0553. The number of ketones is 1. The lowest BCUT2D eigenvalue weighted by molar-refractivity contribution is -0.153. The van der Waals surface area contributed by atoms with Crippen molar-refractivity contribution in [2.45, 2.75) is 56.6 Å². The molecule has 3 fully saturated rings. The van der Waals surface area contributed by atoms with Crippen LogP contribution in [0.5, 0.6) is 0 Å². The van der Waals surface area contributed by atoms with Crippen LogP contribution in [0.15, 0.2) is 10.9 Å². The predicted molar refractivity (Wildman–Crippen MR) is 104 cm³/mol. The molecule has 1 aromatic heterocycles. The van der Waals surface area contributed by atoms with Crippen molar-refractivity contribution >= 4 is 17.5 Å². The largest absolute Gasteiger partial charge is 0.408 e. The highest BCUT2D eigenvalue weighted by atomic mass is 19.4. The van der Waals surface area contributed by atoms with Gasteiger partial charge in [0, 0.05) is 38.3 Å². The van der Waals surface area contributed by atoms with Crippen molar-refractivity contribution in [3.63, 3.8) is 0 Å². The molecule has 5 rings (SSSR count). The second kappa shape index (κ2) is 7.77. The van der Waals surface area contributed by atoms with Crippen molar-refractivity contribution in [1.29, 1.82) is 0 Å². The smallest absolute Gasteiger partial charge is 0.381 e. The van der Waals surface area contributed by atoms with Crippen molar-refractivity contribution < 1.29 is 27.4 Å². The van der Waals surface area contributed by atoms with Gasteiger partial charge in [-0.3, -0.25) is 14.2 Å². The molecule has 11 heteroatoms. The molecule has 31 heavy (non-hydrogen) atoms. The zero-order valence-corrected chi connectivity index (χ0v) is 17.0. The number of hydrogen-bond donors (Lipinski definition) is 0. The fourth-order valence-corrected chi connectivity index (χ4v) is 5.12. The minimum Gasteiger partial charge on any atom is -0.381 e. The molecule has 1 aromatic rings. The SMILES string of the molecule is O=C(CN1c2nc(N3CC4CC3CO4)cc(=O)n2CC[C@H]1C(F)(F)F)C1CCOCC1. The van der Waals surface area contributed by atoms with E-state index in [4.69, 9.17) is 9.47 Å². The van der Waals surface area contributed by atoms with E-state index in [2.05, 4.69) is 4.98 Å². The molecule has 5 heterocycles. The van der Waals surface area contributed by atoms with E-state index in [1.165, 1.54) is 10.6 Å². The number of morpholine rings is 1. The summed E-state index contributed by atoms with van der Waals surface area (Å²) in [7, 11) is 0. The highest BCUT2D eigenvalue weighted by molar-refractivity contribution is 5.85. The third-order valence-corrected chi connectivity index (χ3v) is 6.81. The highest BCUT2D eigenvalue weighted by Gasteiger charge is 2.48. The summed E-state index contributed by atoms with van der Waals surface area (Å²) in [6, 6.07) is -0.396. The van der Waals surface area contributed by atoms with Crippen molar-refractivity contribution in [2.24, 2.45) is 5.92 Å². The predicted octanol–water partition coefficient (Wildman–Crippen LogP) is 1.36. The number of nitrogens with zero attached hydrogens (tertiary/aromatic N) is 4. The molecular formula is C20H25F3N4O4. The van der Waals surface area contributed by atoms with Crippen LogP contribution in [-0.2, 0) is 20.8 Å². The number of carbonyl (C=O) groups excluding carboxylic acids is 1. The van der Waals surface area contributed by atoms with Crippen LogP contribution in [0.2, 0.25) is 0 Å². The van der Waals surface area contributed by atoms with Crippen LogP contribution in [0.3, 0.4) is 0 Å². The second-order valence-corrected chi connectivity index (χ2v) is 8.73. The normalized spacial score (nSPS) is 28.8. The Balaban J connectivity index is 1.49. The van der Waals surface area contributed by atoms with Gasteiger partial charge in [0.15, 0.2) is 5.78 Å². The van der Waals surface area contributed by atoms with Crippen molar-refractivity contribution in [3.8, 4) is 0 Å². The lowest BCUT2D eigenvalue weighted by Crippen LogP contribution is -2.55. The van der Waals surface area contributed by atoms with E-state index >= 15 is 0 Å². The molecule has 0 aliphatic carbocycles. The number of anilines is 2. The van der Waals surface area contributed by atoms with E-state index < -0.39 is 24.3 Å². The maximum absolute atomic E-state index is 13.9. The number of aromatic nitrogens is 2. The molecule has 8 nitrogen and oxygen atoms in total. The van der Waals surface area contributed by atoms with Gasteiger partial charge in [-0.25, -0.2) is 0 Å². The fourth-order valence-electron chi connectivity index (χ4n) is 5.12. The Kier molecular flexibility index (Phi) is 5.20. The zero-order valence-electron chi connectivity index (χ0n) is 17.0. The Bertz CT molecular complexity index is 915. The van der Waals surface area contributed by atoms with E-state index in [0.717, 1.165) is 11.3 Å². The summed E-state index contributed by atoms with van der Waals surface area (Å²) < 4.78 is 53.8. The van der Waals surface area contributed by atoms with Crippen LogP contribution < -0.4 is 15.4 Å². The average Bonchev–Trinajstić information content (AvgIpc) is 3.37. The zero-order chi connectivity index (χ0) is 21.8. The molecule has 0 saturated carbocycles. The van der Waals surface area contributed by atoms with E-state index in [1.807, 2.05) is 4.90 Å². The van der Waals surface area contributed by atoms with Crippen LogP contribution in [0.1, 0.15) is 25.7 Å². The number of fused-ring (bicyclic) bond motifs is 3. The van der Waals surface area contributed by atoms with Crippen molar-refractivity contribution in [1.82, 2.24) is 9.55 Å². The lowest BCUT2D eigenvalue weighted by Gasteiger charge is -2.40. The third-order valence-electron chi connectivity index (χ3n) is 6.81. The third kappa shape index (κ3) is 3.82. The average molecular weight is 442 g/mol. The van der Waals surface area contributed by atoms with Crippen LogP contribution in [0, 0.1) is 5.92 Å². The molecule has 0 spiro atoms. The van der Waals surface area contributed by atoms with Crippen LogP contribution in [0.4, 0.5) is 24.9 Å². The van der Waals surface area contributed by atoms with Gasteiger partial charge in [0.05, 0.1) is 25.3 Å². The molecule has 4 aliphatic rings. The van der Waals surface area contributed by atoms with Gasteiger partial charge >= 0.3 is 6.18 Å². The molecule has 0 radical (unpaired) electrons. The number of Topliss-reactive ketones (excluding diaryl/α,β-unsaturated/α-hetero) is 1. The summed E-state index contributed by atoms with van der Waals surface area (Å²) in [4.78, 5) is 33.1. The number of rotatable bonds is 4. The summed E-state index contributed by atoms with van der Waals surface area (Å²) >= 11 is 0. The molecular weight excluding hydrogens is 417 g/mol. The summed E-state index contributed by atoms with van der Waals surface area (Å²) in [6.45, 7) is 1.43. The van der Waals surface area contributed by atoms with Crippen LogP contribution >= 0.6 is 0 Å². The first-order valence-electron chi connectivity index (χ1n) is 10.7. The van der Waals surface area contributed by atoms with Crippen LogP contribution in [-0.4, -0.2) is 72.6 Å². The molecule has 0 N–H and O–H groups in total. The quantitative estimate of drug-likeness (QED) is 0.697. The number of ether oxygens (including phenoxy) is 2. The fraction of sp³-hybridized carbons (Fsp3) is 0.750. The molecule has 3 saturated heterocycles. The molecule has 3 atom stereocenters. The Morgan fingerprint density at radius 2 is 2.00 bits per heavy atom. The molecule has 0 aromatic carbocycles. The van der Waals surface area contributed by atoms with E-state index in [1.54, 1.807) is 0 Å². The summed E-state index contributed by atoms with van der Waals surface area (Å²) in [5.74, 6) is -0.308. The summed E-state index contributed by atoms with van der Waals surface area (Å²) in [6.07, 6.45) is -2.95. The standard InChI is InChI=1S/C20H25F3N4O4/c21-20(22,23)16-1-4-25-18(29)8-17(26-9-14-7-13(26)11-31-14)24-19(25)27(16)10-15(28)12-2-5-30-6-3-12/h8,12-14,16H,1-7,9-11H2/t13?,14?,16-/m0/s1. The topological polar surface area (TPSA) is 76.9 Å². The first kappa shape index (κ1) is 20.7. The maximum atomic E-state index is 13.9. The van der Waals surface area contributed by atoms with Gasteiger partial charge in [-0.05, 0) is 25.7 Å². The first-order chi connectivity index (χ1) is 14.8. The number of carbonyl (C=O) groups is 1. The van der Waals surface area contributed by atoms with Gasteiger partial charge in [0.25, 0.3) is 5.56 Å². The van der Waals surface area contributed by atoms with Gasteiger partial charge < -0.3 is 19.3 Å². The Labute approximate surface area is 176 Å². The Morgan fingerprint density at radius 1 is 1.23 bits per heavy atom. The number of hydrogen-bond acceptors (Lipinski definition) is 7. The molecule has 2 bridgehead atoms. The van der Waals surface area contributed by atoms with Gasteiger partial charge in [-0.2, -0.15) is 18.2 Å². The highest BCUT2D eigenvalue weighted by Crippen LogP contribution is 2.36. The lowest BCUT2D eigenvalue weighted by atomic mass is 9.94. The van der Waals surface area contributed by atoms with Gasteiger partial charge in [0.2, 0.25) is 5.95 Å².